The minimum absolute atomic E-state index is 0.0747. The summed E-state index contributed by atoms with van der Waals surface area (Å²) in [4.78, 5) is 16.4. The number of halogens is 3. The van der Waals surface area contributed by atoms with Crippen molar-refractivity contribution in [2.24, 2.45) is 0 Å². The minimum atomic E-state index is -4.90. The topological polar surface area (TPSA) is 145 Å². The van der Waals surface area contributed by atoms with Gasteiger partial charge in [-0.25, -0.2) is 4.79 Å². The van der Waals surface area contributed by atoms with Crippen LogP contribution in [0.15, 0.2) is 51.8 Å². The molecule has 176 valence electrons. The molecule has 33 heavy (non-hydrogen) atoms. The Labute approximate surface area is 183 Å². The number of aliphatic hydroxyl groups is 4. The molecule has 3 heterocycles. The summed E-state index contributed by atoms with van der Waals surface area (Å²) in [5.74, 6) is 0. The molecule has 0 radical (unpaired) electrons. The molecule has 0 saturated carbocycles. The highest BCUT2D eigenvalue weighted by Gasteiger charge is 2.44. The average molecular weight is 468 g/mol. The van der Waals surface area contributed by atoms with Crippen LogP contribution in [0.5, 0.6) is 0 Å². The van der Waals surface area contributed by atoms with Crippen LogP contribution in [0.3, 0.4) is 0 Å². The van der Waals surface area contributed by atoms with Gasteiger partial charge in [-0.1, -0.05) is 6.07 Å². The smallest absolute Gasteiger partial charge is 0.418 e. The zero-order chi connectivity index (χ0) is 23.9. The molecule has 4 rings (SSSR count). The molecule has 2 aromatic heterocycles. The number of hydrogen-bond donors (Lipinski definition) is 5. The molecular formula is C21H19F3N2O7. The van der Waals surface area contributed by atoms with Crippen molar-refractivity contribution in [3.05, 3.63) is 58.6 Å². The van der Waals surface area contributed by atoms with Gasteiger partial charge in [-0.15, -0.1) is 0 Å². The van der Waals surface area contributed by atoms with Gasteiger partial charge in [0.25, 0.3) is 0 Å². The van der Waals surface area contributed by atoms with Crippen LogP contribution in [0.4, 0.5) is 18.9 Å². The van der Waals surface area contributed by atoms with Crippen molar-refractivity contribution in [3.63, 3.8) is 0 Å². The molecule has 1 aromatic carbocycles. The van der Waals surface area contributed by atoms with Gasteiger partial charge in [-0.2, -0.15) is 13.2 Å². The number of hydrogen-bond acceptors (Lipinski definition) is 9. The van der Waals surface area contributed by atoms with Crippen LogP contribution >= 0.6 is 0 Å². The van der Waals surface area contributed by atoms with Gasteiger partial charge in [0.1, 0.15) is 29.9 Å². The van der Waals surface area contributed by atoms with E-state index < -0.39 is 71.1 Å². The standard InChI is InChI=1S/C21H19F3N2O7/c22-21(23,24)15-10-5-4-9(26-16-18(29)17(28)13(8-27)33-20(16)31)7-12(10)32-19(30)14(15)11-3-1-2-6-25-11/h1-7,13,16-18,20,26-29,31H,8H2/t13?,16-,17+,18?,20?/m0/s1. The van der Waals surface area contributed by atoms with Crippen LogP contribution in [0, 0.1) is 0 Å². The molecule has 0 spiro atoms. The van der Waals surface area contributed by atoms with Crippen LogP contribution in [-0.2, 0) is 10.9 Å². The Kier molecular flexibility index (Phi) is 6.12. The van der Waals surface area contributed by atoms with Crippen molar-refractivity contribution in [2.75, 3.05) is 11.9 Å². The lowest BCUT2D eigenvalue weighted by Crippen LogP contribution is -2.61. The van der Waals surface area contributed by atoms with Crippen LogP contribution < -0.4 is 10.9 Å². The number of nitrogens with zero attached hydrogens (tertiary/aromatic N) is 1. The van der Waals surface area contributed by atoms with Gasteiger partial charge < -0.3 is 34.9 Å². The summed E-state index contributed by atoms with van der Waals surface area (Å²) in [6, 6.07) is 6.31. The van der Waals surface area contributed by atoms with Gasteiger partial charge in [0.2, 0.25) is 0 Å². The minimum Gasteiger partial charge on any atom is -0.422 e. The lowest BCUT2D eigenvalue weighted by molar-refractivity contribution is -0.245. The number of pyridine rings is 1. The molecular weight excluding hydrogens is 449 g/mol. The normalized spacial score (nSPS) is 25.8. The van der Waals surface area contributed by atoms with Crippen molar-refractivity contribution in [1.29, 1.82) is 0 Å². The second kappa shape index (κ2) is 8.72. The Bertz CT molecular complexity index is 1200. The van der Waals surface area contributed by atoms with Crippen molar-refractivity contribution in [2.45, 2.75) is 36.8 Å². The largest absolute Gasteiger partial charge is 0.422 e. The highest BCUT2D eigenvalue weighted by atomic mass is 19.4. The van der Waals surface area contributed by atoms with Crippen LogP contribution in [0.2, 0.25) is 0 Å². The number of aromatic nitrogens is 1. The predicted octanol–water partition coefficient (Wildman–Crippen LogP) is 1.09. The maximum Gasteiger partial charge on any atom is 0.418 e. The molecule has 5 N–H and O–H groups in total. The Morgan fingerprint density at radius 2 is 1.85 bits per heavy atom. The Balaban J connectivity index is 1.77. The molecule has 3 aromatic rings. The van der Waals surface area contributed by atoms with Crippen LogP contribution in [-0.4, -0.2) is 62.7 Å². The van der Waals surface area contributed by atoms with E-state index in [2.05, 4.69) is 10.3 Å². The number of rotatable bonds is 4. The number of anilines is 1. The molecule has 5 atom stereocenters. The quantitative estimate of drug-likeness (QED) is 0.355. The highest BCUT2D eigenvalue weighted by molar-refractivity contribution is 5.89. The number of nitrogens with one attached hydrogen (secondary N) is 1. The summed E-state index contributed by atoms with van der Waals surface area (Å²) in [5, 5.41) is 41.7. The number of fused-ring (bicyclic) bond motifs is 1. The van der Waals surface area contributed by atoms with E-state index in [-0.39, 0.29) is 11.4 Å². The van der Waals surface area contributed by atoms with E-state index in [9.17, 15) is 33.3 Å². The van der Waals surface area contributed by atoms with Crippen molar-refractivity contribution >= 4 is 16.7 Å². The van der Waals surface area contributed by atoms with Crippen molar-refractivity contribution in [3.8, 4) is 11.3 Å². The fourth-order valence-electron chi connectivity index (χ4n) is 3.77. The Morgan fingerprint density at radius 1 is 1.09 bits per heavy atom. The van der Waals surface area contributed by atoms with E-state index in [1.165, 1.54) is 30.5 Å². The van der Waals surface area contributed by atoms with Gasteiger partial charge in [0.15, 0.2) is 6.29 Å². The maximum absolute atomic E-state index is 14.0. The lowest BCUT2D eigenvalue weighted by atomic mass is 9.96. The summed E-state index contributed by atoms with van der Waals surface area (Å²) in [6.07, 6.45) is -9.63. The number of aliphatic hydroxyl groups excluding tert-OH is 4. The first-order chi connectivity index (χ1) is 15.6. The zero-order valence-electron chi connectivity index (χ0n) is 16.7. The molecule has 1 aliphatic rings. The third-order valence-corrected chi connectivity index (χ3v) is 5.35. The lowest BCUT2D eigenvalue weighted by Gasteiger charge is -2.40. The van der Waals surface area contributed by atoms with Gasteiger partial charge in [-0.3, -0.25) is 4.98 Å². The molecule has 0 bridgehead atoms. The van der Waals surface area contributed by atoms with Crippen LogP contribution in [0.25, 0.3) is 22.2 Å². The first-order valence-corrected chi connectivity index (χ1v) is 9.78. The maximum atomic E-state index is 14.0. The molecule has 1 saturated heterocycles. The second-order valence-corrected chi connectivity index (χ2v) is 7.46. The number of benzene rings is 1. The van der Waals surface area contributed by atoms with E-state index in [1.807, 2.05) is 0 Å². The van der Waals surface area contributed by atoms with E-state index in [0.717, 1.165) is 12.1 Å². The van der Waals surface area contributed by atoms with Crippen molar-refractivity contribution in [1.82, 2.24) is 4.98 Å². The third kappa shape index (κ3) is 4.30. The Hall–Kier alpha value is -3.03. The summed E-state index contributed by atoms with van der Waals surface area (Å²) < 4.78 is 52.1. The molecule has 9 nitrogen and oxygen atoms in total. The van der Waals surface area contributed by atoms with Gasteiger partial charge in [0, 0.05) is 23.3 Å². The molecule has 12 heteroatoms. The summed E-state index contributed by atoms with van der Waals surface area (Å²) in [7, 11) is 0. The second-order valence-electron chi connectivity index (χ2n) is 7.46. The van der Waals surface area contributed by atoms with Gasteiger partial charge in [-0.05, 0) is 24.3 Å². The third-order valence-electron chi connectivity index (χ3n) is 5.35. The fourth-order valence-corrected chi connectivity index (χ4v) is 3.77. The van der Waals surface area contributed by atoms with E-state index >= 15 is 0 Å². The molecule has 0 amide bonds. The Morgan fingerprint density at radius 3 is 2.48 bits per heavy atom. The van der Waals surface area contributed by atoms with Crippen molar-refractivity contribution < 1.29 is 42.8 Å². The average Bonchev–Trinajstić information content (AvgIpc) is 2.78. The first-order valence-electron chi connectivity index (χ1n) is 9.78. The zero-order valence-corrected chi connectivity index (χ0v) is 16.7. The van der Waals surface area contributed by atoms with Crippen LogP contribution in [0.1, 0.15) is 5.56 Å². The fraction of sp³-hybridized carbons (Fsp3) is 0.333. The number of ether oxygens (including phenoxy) is 1. The monoisotopic (exact) mass is 468 g/mol. The molecule has 3 unspecified atom stereocenters. The van der Waals surface area contributed by atoms with E-state index in [4.69, 9.17) is 14.3 Å². The molecule has 1 fully saturated rings. The molecule has 0 aliphatic carbocycles. The number of alkyl halides is 3. The first kappa shape index (κ1) is 23.1. The molecule has 1 aliphatic heterocycles. The predicted molar refractivity (Wildman–Crippen MR) is 108 cm³/mol. The highest BCUT2D eigenvalue weighted by Crippen LogP contribution is 2.40. The van der Waals surface area contributed by atoms with E-state index in [0.29, 0.717) is 0 Å². The summed E-state index contributed by atoms with van der Waals surface area (Å²) in [6.45, 7) is -0.651. The summed E-state index contributed by atoms with van der Waals surface area (Å²) in [5.41, 5.74) is -3.69. The SMILES string of the molecule is O=c1oc2cc(N[C@@H]3C(O)OC(CO)[C@@H](O)C3O)ccc2c(C(F)(F)F)c1-c1ccccn1. The van der Waals surface area contributed by atoms with Gasteiger partial charge in [0.05, 0.1) is 23.4 Å². The van der Waals surface area contributed by atoms with E-state index in [1.54, 1.807) is 0 Å². The van der Waals surface area contributed by atoms with Gasteiger partial charge >= 0.3 is 11.8 Å². The summed E-state index contributed by atoms with van der Waals surface area (Å²) >= 11 is 0.